The van der Waals surface area contributed by atoms with Crippen molar-refractivity contribution in [2.24, 2.45) is 5.92 Å². The highest BCUT2D eigenvalue weighted by molar-refractivity contribution is 7.90. The standard InChI is InChI=1S/C24H31N3O6S/c1-24(28,17-8-4-5-9-17)13-15-34(29,30)16-21-25-26-23(20-12-7-14-33-20)27(21)22-18(31-2)10-6-11-19(22)32-3/h6-7,10-12,14,17,28H,4-5,8-9,13,15-16H2,1-3H3/t24-/m0/s1. The zero-order valence-corrected chi connectivity index (χ0v) is 20.5. The molecule has 1 N–H and O–H groups in total. The van der Waals surface area contributed by atoms with Crippen LogP contribution in [0.2, 0.25) is 0 Å². The lowest BCUT2D eigenvalue weighted by Gasteiger charge is -2.30. The van der Waals surface area contributed by atoms with Gasteiger partial charge >= 0.3 is 0 Å². The molecule has 2 aromatic heterocycles. The third-order valence-corrected chi connectivity index (χ3v) is 8.12. The van der Waals surface area contributed by atoms with Gasteiger partial charge in [0, 0.05) is 0 Å². The SMILES string of the molecule is COc1cccc(OC)c1-n1c(CS(=O)(=O)CC[C@](C)(O)C2CCCC2)nnc1-c1ccco1. The maximum Gasteiger partial charge on any atom is 0.204 e. The summed E-state index contributed by atoms with van der Waals surface area (Å²) in [5.41, 5.74) is -0.533. The van der Waals surface area contributed by atoms with Crippen LogP contribution in [-0.4, -0.2) is 53.9 Å². The zero-order valence-electron chi connectivity index (χ0n) is 19.7. The van der Waals surface area contributed by atoms with E-state index in [1.165, 1.54) is 20.5 Å². The van der Waals surface area contributed by atoms with Crippen LogP contribution in [0.3, 0.4) is 0 Å². The summed E-state index contributed by atoms with van der Waals surface area (Å²) in [6.07, 6.45) is 5.70. The highest BCUT2D eigenvalue weighted by Crippen LogP contribution is 2.38. The lowest BCUT2D eigenvalue weighted by Crippen LogP contribution is -2.35. The van der Waals surface area contributed by atoms with Crippen LogP contribution in [0.4, 0.5) is 0 Å². The van der Waals surface area contributed by atoms with Gasteiger partial charge in [0.2, 0.25) is 5.82 Å². The zero-order chi connectivity index (χ0) is 24.3. The van der Waals surface area contributed by atoms with Crippen LogP contribution in [0.1, 0.15) is 44.9 Å². The number of hydrogen-bond acceptors (Lipinski definition) is 8. The predicted molar refractivity (Wildman–Crippen MR) is 127 cm³/mol. The van der Waals surface area contributed by atoms with Crippen LogP contribution in [0.5, 0.6) is 11.5 Å². The second kappa shape index (κ2) is 9.79. The van der Waals surface area contributed by atoms with Crippen LogP contribution >= 0.6 is 0 Å². The summed E-state index contributed by atoms with van der Waals surface area (Å²) < 4.78 is 44.6. The Morgan fingerprint density at radius 2 is 1.79 bits per heavy atom. The molecule has 1 saturated carbocycles. The summed E-state index contributed by atoms with van der Waals surface area (Å²) in [5.74, 6) is 1.52. The van der Waals surface area contributed by atoms with E-state index in [-0.39, 0.29) is 29.7 Å². The molecule has 9 nitrogen and oxygen atoms in total. The average molecular weight is 490 g/mol. The molecule has 3 aromatic rings. The lowest BCUT2D eigenvalue weighted by atomic mass is 9.86. The molecule has 10 heteroatoms. The number of nitrogens with zero attached hydrogens (tertiary/aromatic N) is 3. The Hall–Kier alpha value is -2.85. The van der Waals surface area contributed by atoms with Crippen LogP contribution in [0, 0.1) is 5.92 Å². The largest absolute Gasteiger partial charge is 0.494 e. The van der Waals surface area contributed by atoms with Crippen molar-refractivity contribution in [3.05, 3.63) is 42.4 Å². The van der Waals surface area contributed by atoms with Crippen LogP contribution < -0.4 is 9.47 Å². The van der Waals surface area contributed by atoms with Crippen molar-refractivity contribution in [3.8, 4) is 28.8 Å². The summed E-state index contributed by atoms with van der Waals surface area (Å²) >= 11 is 0. The molecule has 1 aliphatic carbocycles. The number of aliphatic hydroxyl groups is 1. The van der Waals surface area contributed by atoms with E-state index in [1.54, 1.807) is 41.8 Å². The molecule has 1 atom stereocenters. The molecule has 34 heavy (non-hydrogen) atoms. The van der Waals surface area contributed by atoms with Gasteiger partial charge in [0.25, 0.3) is 0 Å². The number of para-hydroxylation sites is 1. The summed E-state index contributed by atoms with van der Waals surface area (Å²) in [6, 6.07) is 8.72. The van der Waals surface area contributed by atoms with Crippen molar-refractivity contribution in [1.82, 2.24) is 14.8 Å². The van der Waals surface area contributed by atoms with Gasteiger partial charge < -0.3 is 19.0 Å². The van der Waals surface area contributed by atoms with Crippen molar-refractivity contribution in [3.63, 3.8) is 0 Å². The minimum absolute atomic E-state index is 0.134. The number of aromatic nitrogens is 3. The van der Waals surface area contributed by atoms with E-state index in [9.17, 15) is 13.5 Å². The number of benzene rings is 1. The van der Waals surface area contributed by atoms with Gasteiger partial charge in [-0.2, -0.15) is 0 Å². The van der Waals surface area contributed by atoms with Gasteiger partial charge in [0.15, 0.2) is 21.4 Å². The first kappa shape index (κ1) is 24.3. The Kier molecular flexibility index (Phi) is 6.99. The Bertz CT molecular complexity index is 1190. The van der Waals surface area contributed by atoms with E-state index < -0.39 is 15.4 Å². The maximum atomic E-state index is 13.2. The van der Waals surface area contributed by atoms with Crippen LogP contribution in [0.25, 0.3) is 17.3 Å². The van der Waals surface area contributed by atoms with Gasteiger partial charge in [0.1, 0.15) is 22.9 Å². The van der Waals surface area contributed by atoms with Gasteiger partial charge in [0.05, 0.1) is 31.8 Å². The van der Waals surface area contributed by atoms with E-state index >= 15 is 0 Å². The highest BCUT2D eigenvalue weighted by atomic mass is 32.2. The maximum absolute atomic E-state index is 13.2. The fraction of sp³-hybridized carbons (Fsp3) is 0.500. The monoisotopic (exact) mass is 489 g/mol. The molecule has 0 radical (unpaired) electrons. The summed E-state index contributed by atoms with van der Waals surface area (Å²) in [7, 11) is -0.569. The average Bonchev–Trinajstić information content (AvgIpc) is 3.59. The summed E-state index contributed by atoms with van der Waals surface area (Å²) in [6.45, 7) is 1.75. The van der Waals surface area contributed by atoms with Gasteiger partial charge in [-0.25, -0.2) is 8.42 Å². The van der Waals surface area contributed by atoms with Crippen molar-refractivity contribution < 1.29 is 27.4 Å². The van der Waals surface area contributed by atoms with E-state index in [0.717, 1.165) is 25.7 Å². The van der Waals surface area contributed by atoms with E-state index in [2.05, 4.69) is 10.2 Å². The molecule has 0 saturated heterocycles. The van der Waals surface area contributed by atoms with Crippen molar-refractivity contribution in [1.29, 1.82) is 0 Å². The first-order valence-electron chi connectivity index (χ1n) is 11.4. The number of furan rings is 1. The normalized spacial score (nSPS) is 16.5. The number of ether oxygens (including phenoxy) is 2. The van der Waals surface area contributed by atoms with E-state index in [1.807, 2.05) is 0 Å². The number of rotatable bonds is 10. The predicted octanol–water partition coefficient (Wildman–Crippen LogP) is 3.79. The smallest absolute Gasteiger partial charge is 0.204 e. The first-order valence-corrected chi connectivity index (χ1v) is 13.2. The molecule has 0 amide bonds. The molecule has 4 rings (SSSR count). The Labute approximate surface area is 199 Å². The molecular formula is C24H31N3O6S. The molecule has 1 aliphatic rings. The lowest BCUT2D eigenvalue weighted by molar-refractivity contribution is -0.00121. The number of hydrogen-bond donors (Lipinski definition) is 1. The molecular weight excluding hydrogens is 458 g/mol. The highest BCUT2D eigenvalue weighted by Gasteiger charge is 2.35. The van der Waals surface area contributed by atoms with E-state index in [0.29, 0.717) is 28.8 Å². The van der Waals surface area contributed by atoms with Gasteiger partial charge in [-0.1, -0.05) is 18.9 Å². The molecule has 0 bridgehead atoms. The molecule has 184 valence electrons. The quantitative estimate of drug-likeness (QED) is 0.457. The minimum Gasteiger partial charge on any atom is -0.494 e. The summed E-state index contributed by atoms with van der Waals surface area (Å²) in [4.78, 5) is 0. The Balaban J connectivity index is 1.70. The molecule has 2 heterocycles. The Morgan fingerprint density at radius 1 is 1.12 bits per heavy atom. The topological polar surface area (TPSA) is 117 Å². The number of methoxy groups -OCH3 is 2. The fourth-order valence-corrected chi connectivity index (χ4v) is 6.09. The second-order valence-electron chi connectivity index (χ2n) is 8.94. The first-order chi connectivity index (χ1) is 16.3. The minimum atomic E-state index is -3.62. The molecule has 0 unspecified atom stereocenters. The second-order valence-corrected chi connectivity index (χ2v) is 11.1. The molecule has 0 aliphatic heterocycles. The number of sulfone groups is 1. The van der Waals surface area contributed by atoms with Gasteiger partial charge in [-0.05, 0) is 56.4 Å². The van der Waals surface area contributed by atoms with Crippen molar-refractivity contribution in [2.45, 2.75) is 50.4 Å². The van der Waals surface area contributed by atoms with E-state index in [4.69, 9.17) is 13.9 Å². The van der Waals surface area contributed by atoms with Crippen molar-refractivity contribution in [2.75, 3.05) is 20.0 Å². The van der Waals surface area contributed by atoms with Crippen molar-refractivity contribution >= 4 is 9.84 Å². The van der Waals surface area contributed by atoms with Gasteiger partial charge in [-0.15, -0.1) is 10.2 Å². The summed E-state index contributed by atoms with van der Waals surface area (Å²) in [5, 5.41) is 19.3. The Morgan fingerprint density at radius 3 is 2.38 bits per heavy atom. The molecule has 0 spiro atoms. The van der Waals surface area contributed by atoms with Gasteiger partial charge in [-0.3, -0.25) is 4.57 Å². The molecule has 1 aromatic carbocycles. The van der Waals surface area contributed by atoms with Crippen LogP contribution in [-0.2, 0) is 15.6 Å². The fourth-order valence-electron chi connectivity index (χ4n) is 4.65. The molecule has 1 fully saturated rings. The van der Waals surface area contributed by atoms with Crippen LogP contribution in [0.15, 0.2) is 41.0 Å². The third kappa shape index (κ3) is 4.97. The third-order valence-electron chi connectivity index (χ3n) is 6.60.